The maximum Gasteiger partial charge on any atom is 0.258 e. The van der Waals surface area contributed by atoms with Crippen LogP contribution in [0.5, 0.6) is 5.75 Å². The van der Waals surface area contributed by atoms with Crippen molar-refractivity contribution in [3.8, 4) is 5.75 Å². The van der Waals surface area contributed by atoms with Crippen molar-refractivity contribution in [1.82, 2.24) is 5.32 Å². The van der Waals surface area contributed by atoms with Crippen LogP contribution in [0.4, 0.5) is 0 Å². The van der Waals surface area contributed by atoms with E-state index in [0.29, 0.717) is 16.6 Å². The molecule has 0 aliphatic carbocycles. The molecule has 0 spiro atoms. The van der Waals surface area contributed by atoms with E-state index in [-0.39, 0.29) is 18.6 Å². The zero-order valence-electron chi connectivity index (χ0n) is 11.5. The molecule has 1 aromatic heterocycles. The Morgan fingerprint density at radius 2 is 2.05 bits per heavy atom. The third-order valence-electron chi connectivity index (χ3n) is 2.79. The molecule has 0 fully saturated rings. The molecule has 6 heteroatoms. The molecular formula is C15H16ClNO3S. The molecule has 21 heavy (non-hydrogen) atoms. The number of benzene rings is 1. The third kappa shape index (κ3) is 5.04. The van der Waals surface area contributed by atoms with Gasteiger partial charge < -0.3 is 14.8 Å². The van der Waals surface area contributed by atoms with E-state index in [9.17, 15) is 4.79 Å². The van der Waals surface area contributed by atoms with E-state index >= 15 is 0 Å². The first-order valence-electron chi connectivity index (χ1n) is 6.41. The Kier molecular flexibility index (Phi) is 6.04. The van der Waals surface area contributed by atoms with Crippen molar-refractivity contribution in [3.63, 3.8) is 0 Å². The number of halogens is 1. The summed E-state index contributed by atoms with van der Waals surface area (Å²) in [5, 5.41) is 2.79. The monoisotopic (exact) mass is 325 g/mol. The van der Waals surface area contributed by atoms with Gasteiger partial charge in [0, 0.05) is 18.5 Å². The predicted octanol–water partition coefficient (Wildman–Crippen LogP) is 3.28. The van der Waals surface area contributed by atoms with Gasteiger partial charge in [-0.15, -0.1) is 11.3 Å². The maximum atomic E-state index is 11.8. The van der Waals surface area contributed by atoms with Crippen molar-refractivity contribution in [1.29, 1.82) is 0 Å². The second kappa shape index (κ2) is 8.02. The molecule has 0 aliphatic rings. The predicted molar refractivity (Wildman–Crippen MR) is 84.0 cm³/mol. The van der Waals surface area contributed by atoms with E-state index in [0.717, 1.165) is 4.88 Å². The highest BCUT2D eigenvalue weighted by Gasteiger charge is 2.14. The summed E-state index contributed by atoms with van der Waals surface area (Å²) < 4.78 is 11.4. The summed E-state index contributed by atoms with van der Waals surface area (Å²) in [5.41, 5.74) is 0. The summed E-state index contributed by atoms with van der Waals surface area (Å²) in [6.07, 6.45) is -0.205. The van der Waals surface area contributed by atoms with E-state index in [1.54, 1.807) is 19.2 Å². The average molecular weight is 326 g/mol. The van der Waals surface area contributed by atoms with Gasteiger partial charge in [0.2, 0.25) is 0 Å². The van der Waals surface area contributed by atoms with Gasteiger partial charge in [-0.05, 0) is 24.3 Å². The molecule has 2 aromatic rings. The fourth-order valence-electron chi connectivity index (χ4n) is 1.72. The zero-order valence-corrected chi connectivity index (χ0v) is 13.1. The van der Waals surface area contributed by atoms with Crippen molar-refractivity contribution in [2.24, 2.45) is 0 Å². The molecule has 0 saturated carbocycles. The third-order valence-corrected chi connectivity index (χ3v) is 4.12. The molecular weight excluding hydrogens is 310 g/mol. The molecule has 0 radical (unpaired) electrons. The SMILES string of the molecule is COC(CNC(=O)COc1ccccc1)c1ccc(Cl)s1. The van der Waals surface area contributed by atoms with E-state index in [1.807, 2.05) is 30.3 Å². The fourth-order valence-corrected chi connectivity index (χ4v) is 2.86. The van der Waals surface area contributed by atoms with Crippen LogP contribution in [0.3, 0.4) is 0 Å². The first-order valence-corrected chi connectivity index (χ1v) is 7.61. The fraction of sp³-hybridized carbons (Fsp3) is 0.267. The standard InChI is InChI=1S/C15H16ClNO3S/c1-19-12(13-7-8-14(16)21-13)9-17-15(18)10-20-11-5-3-2-4-6-11/h2-8,12H,9-10H2,1H3,(H,17,18). The second-order valence-electron chi connectivity index (χ2n) is 4.27. The van der Waals surface area contributed by atoms with Crippen LogP contribution in [0.1, 0.15) is 11.0 Å². The number of amides is 1. The van der Waals surface area contributed by atoms with E-state index in [2.05, 4.69) is 5.32 Å². The maximum absolute atomic E-state index is 11.8. The molecule has 1 heterocycles. The van der Waals surface area contributed by atoms with E-state index in [4.69, 9.17) is 21.1 Å². The number of hydrogen-bond donors (Lipinski definition) is 1. The van der Waals surface area contributed by atoms with Crippen LogP contribution >= 0.6 is 22.9 Å². The summed E-state index contributed by atoms with van der Waals surface area (Å²) >= 11 is 7.34. The molecule has 1 N–H and O–H groups in total. The average Bonchev–Trinajstić information content (AvgIpc) is 2.93. The number of rotatable bonds is 7. The van der Waals surface area contributed by atoms with Crippen molar-refractivity contribution >= 4 is 28.8 Å². The summed E-state index contributed by atoms with van der Waals surface area (Å²) in [6.45, 7) is 0.357. The summed E-state index contributed by atoms with van der Waals surface area (Å²) in [7, 11) is 1.60. The van der Waals surface area contributed by atoms with E-state index < -0.39 is 0 Å². The first kappa shape index (κ1) is 15.8. The van der Waals surface area contributed by atoms with Crippen molar-refractivity contribution in [3.05, 3.63) is 51.7 Å². The lowest BCUT2D eigenvalue weighted by Gasteiger charge is -2.14. The molecule has 2 rings (SSSR count). The largest absolute Gasteiger partial charge is 0.484 e. The molecule has 1 unspecified atom stereocenters. The van der Waals surface area contributed by atoms with Crippen LogP contribution in [0, 0.1) is 0 Å². The number of carbonyl (C=O) groups excluding carboxylic acids is 1. The van der Waals surface area contributed by atoms with Crippen molar-refractivity contribution < 1.29 is 14.3 Å². The number of methoxy groups -OCH3 is 1. The lowest BCUT2D eigenvalue weighted by molar-refractivity contribution is -0.123. The molecule has 1 aromatic carbocycles. The number of thiophene rings is 1. The molecule has 0 bridgehead atoms. The molecule has 0 aliphatic heterocycles. The van der Waals surface area contributed by atoms with Gasteiger partial charge in [-0.1, -0.05) is 29.8 Å². The summed E-state index contributed by atoms with van der Waals surface area (Å²) in [4.78, 5) is 12.7. The minimum atomic E-state index is -0.205. The van der Waals surface area contributed by atoms with Crippen molar-refractivity contribution in [2.45, 2.75) is 6.10 Å². The highest BCUT2D eigenvalue weighted by Crippen LogP contribution is 2.28. The van der Waals surface area contributed by atoms with Gasteiger partial charge in [-0.25, -0.2) is 0 Å². The van der Waals surface area contributed by atoms with Crippen LogP contribution in [-0.4, -0.2) is 26.2 Å². The molecule has 0 saturated heterocycles. The summed E-state index contributed by atoms with van der Waals surface area (Å²) in [5.74, 6) is 0.476. The van der Waals surface area contributed by atoms with Crippen LogP contribution in [0.2, 0.25) is 4.34 Å². The number of ether oxygens (including phenoxy) is 2. The lowest BCUT2D eigenvalue weighted by Crippen LogP contribution is -2.32. The first-order chi connectivity index (χ1) is 10.2. The molecule has 1 amide bonds. The minimum Gasteiger partial charge on any atom is -0.484 e. The van der Waals surface area contributed by atoms with Gasteiger partial charge in [-0.2, -0.15) is 0 Å². The normalized spacial score (nSPS) is 11.9. The Morgan fingerprint density at radius 3 is 2.67 bits per heavy atom. The van der Waals surface area contributed by atoms with Crippen molar-refractivity contribution in [2.75, 3.05) is 20.3 Å². The quantitative estimate of drug-likeness (QED) is 0.849. The van der Waals surface area contributed by atoms with Crippen LogP contribution in [0.25, 0.3) is 0 Å². The molecule has 1 atom stereocenters. The van der Waals surface area contributed by atoms with Gasteiger partial charge >= 0.3 is 0 Å². The smallest absolute Gasteiger partial charge is 0.258 e. The molecule has 112 valence electrons. The highest BCUT2D eigenvalue weighted by molar-refractivity contribution is 7.16. The van der Waals surface area contributed by atoms with Gasteiger partial charge in [0.15, 0.2) is 6.61 Å². The second-order valence-corrected chi connectivity index (χ2v) is 6.02. The van der Waals surface area contributed by atoms with Crippen LogP contribution in [0.15, 0.2) is 42.5 Å². The van der Waals surface area contributed by atoms with Gasteiger partial charge in [0.05, 0.1) is 4.34 Å². The number of para-hydroxylation sites is 1. The van der Waals surface area contributed by atoms with E-state index in [1.165, 1.54) is 11.3 Å². The van der Waals surface area contributed by atoms with Gasteiger partial charge in [0.1, 0.15) is 11.9 Å². The Balaban J connectivity index is 1.77. The minimum absolute atomic E-state index is 0.0222. The van der Waals surface area contributed by atoms with Gasteiger partial charge in [0.25, 0.3) is 5.91 Å². The Morgan fingerprint density at radius 1 is 1.29 bits per heavy atom. The summed E-state index contributed by atoms with van der Waals surface area (Å²) in [6, 6.07) is 12.9. The highest BCUT2D eigenvalue weighted by atomic mass is 35.5. The number of carbonyl (C=O) groups is 1. The van der Waals surface area contributed by atoms with Crippen LogP contribution < -0.4 is 10.1 Å². The Hall–Kier alpha value is -1.56. The number of nitrogens with one attached hydrogen (secondary N) is 1. The lowest BCUT2D eigenvalue weighted by atomic mass is 10.3. The van der Waals surface area contributed by atoms with Crippen LogP contribution in [-0.2, 0) is 9.53 Å². The van der Waals surface area contributed by atoms with Gasteiger partial charge in [-0.3, -0.25) is 4.79 Å². The Bertz CT molecular complexity index is 573. The zero-order chi connectivity index (χ0) is 15.1. The number of hydrogen-bond acceptors (Lipinski definition) is 4. The Labute approximate surface area is 132 Å². The topological polar surface area (TPSA) is 47.6 Å². The molecule has 4 nitrogen and oxygen atoms in total.